The molecule has 5 N–H and O–H groups in total. The quantitative estimate of drug-likeness (QED) is 0.0903. The third-order valence-electron chi connectivity index (χ3n) is 9.21. The van der Waals surface area contributed by atoms with Crippen LogP contribution >= 0.6 is 0 Å². The zero-order chi connectivity index (χ0) is 40.3. The van der Waals surface area contributed by atoms with Gasteiger partial charge in [-0.15, -0.1) is 0 Å². The van der Waals surface area contributed by atoms with Gasteiger partial charge in [0.15, 0.2) is 0 Å². The Morgan fingerprint density at radius 1 is 0.491 bits per heavy atom. The molecule has 0 heterocycles. The van der Waals surface area contributed by atoms with E-state index in [1.165, 1.54) is 12.1 Å². The first-order chi connectivity index (χ1) is 27.7. The van der Waals surface area contributed by atoms with Crippen molar-refractivity contribution in [1.29, 1.82) is 10.5 Å². The van der Waals surface area contributed by atoms with Crippen molar-refractivity contribution >= 4 is 37.7 Å². The number of rotatable bonds is 16. The van der Waals surface area contributed by atoms with Crippen LogP contribution in [-0.2, 0) is 35.4 Å². The lowest BCUT2D eigenvalue weighted by molar-refractivity contribution is 0.280. The first-order valence-corrected chi connectivity index (χ1v) is 18.0. The van der Waals surface area contributed by atoms with Gasteiger partial charge >= 0.3 is 21.4 Å². The molecule has 0 fully saturated rings. The highest BCUT2D eigenvalue weighted by Gasteiger charge is 2.36. The van der Waals surface area contributed by atoms with Crippen molar-refractivity contribution in [1.82, 2.24) is 0 Å². The highest BCUT2D eigenvalue weighted by atomic mass is 16.6. The molecule has 6 aromatic rings. The van der Waals surface area contributed by atoms with E-state index in [1.54, 1.807) is 78.9 Å². The summed E-state index contributed by atoms with van der Waals surface area (Å²) in [5.74, 6) is 1.83. The fraction of sp³-hybridized carbons (Fsp3) is 0.116. The highest BCUT2D eigenvalue weighted by molar-refractivity contribution is 6.79. The Hall–Kier alpha value is -6.19. The van der Waals surface area contributed by atoms with Gasteiger partial charge in [0.25, 0.3) is 0 Å². The Kier molecular flexibility index (Phi) is 13.6. The number of aryl methyl sites for hydroxylation is 1. The molecule has 0 aromatic heterocycles. The maximum atomic E-state index is 11.5. The van der Waals surface area contributed by atoms with Gasteiger partial charge in [-0.3, -0.25) is 0 Å². The maximum Gasteiger partial charge on any atom is 0.478 e. The summed E-state index contributed by atoms with van der Waals surface area (Å²) in [5.41, 5.74) is 5.53. The number of hydrogen-bond acceptors (Lipinski definition) is 11. The summed E-state index contributed by atoms with van der Waals surface area (Å²) >= 11 is 0. The van der Waals surface area contributed by atoms with Crippen LogP contribution < -0.4 is 25.9 Å². The van der Waals surface area contributed by atoms with Crippen molar-refractivity contribution in [3.05, 3.63) is 172 Å². The topological polar surface area (TPSA) is 186 Å². The minimum Gasteiger partial charge on any atom is -0.457 e. The van der Waals surface area contributed by atoms with Crippen LogP contribution in [0.15, 0.2) is 127 Å². The Balaban J connectivity index is 1.29. The van der Waals surface area contributed by atoms with Gasteiger partial charge < -0.3 is 44.0 Å². The summed E-state index contributed by atoms with van der Waals surface area (Å²) in [6.07, 6.45) is 0.490. The van der Waals surface area contributed by atoms with Crippen LogP contribution in [0, 0.1) is 29.6 Å². The van der Waals surface area contributed by atoms with Gasteiger partial charge in [-0.2, -0.15) is 10.5 Å². The second-order valence-electron chi connectivity index (χ2n) is 13.2. The Bertz CT molecular complexity index is 2380. The van der Waals surface area contributed by atoms with Crippen molar-refractivity contribution in [2.24, 2.45) is 0 Å². The zero-order valence-corrected chi connectivity index (χ0v) is 30.9. The van der Waals surface area contributed by atoms with Crippen molar-refractivity contribution in [2.45, 2.75) is 33.2 Å². The summed E-state index contributed by atoms with van der Waals surface area (Å²) in [6, 6.07) is 39.9. The van der Waals surface area contributed by atoms with Gasteiger partial charge in [0.05, 0.1) is 43.1 Å². The number of ether oxygens (including phenoxy) is 2. The van der Waals surface area contributed by atoms with E-state index in [1.807, 2.05) is 49.4 Å². The molecule has 0 unspecified atom stereocenters. The van der Waals surface area contributed by atoms with Crippen LogP contribution in [0.1, 0.15) is 44.5 Å². The van der Waals surface area contributed by atoms with Gasteiger partial charge in [0.2, 0.25) is 0 Å². The monoisotopic (exact) mass is 758 g/mol. The molecular formula is C43H37B3N2O9. The lowest BCUT2D eigenvalue weighted by Crippen LogP contribution is -2.53. The molecule has 0 aliphatic carbocycles. The Morgan fingerprint density at radius 2 is 0.895 bits per heavy atom. The lowest BCUT2D eigenvalue weighted by Gasteiger charge is -2.23. The van der Waals surface area contributed by atoms with Crippen molar-refractivity contribution in [3.63, 3.8) is 0 Å². The van der Waals surface area contributed by atoms with Crippen LogP contribution in [0.2, 0.25) is 0 Å². The van der Waals surface area contributed by atoms with E-state index in [-0.39, 0.29) is 16.5 Å². The van der Waals surface area contributed by atoms with Crippen molar-refractivity contribution in [2.75, 3.05) is 0 Å². The Morgan fingerprint density at radius 3 is 1.37 bits per heavy atom. The summed E-state index contributed by atoms with van der Waals surface area (Å²) in [5, 5.41) is 72.5. The molecule has 0 aliphatic heterocycles. The van der Waals surface area contributed by atoms with E-state index in [4.69, 9.17) is 23.9 Å². The predicted molar refractivity (Wildman–Crippen MR) is 216 cm³/mol. The number of aliphatic hydroxyl groups is 3. The van der Waals surface area contributed by atoms with Crippen LogP contribution in [0.25, 0.3) is 0 Å². The van der Waals surface area contributed by atoms with E-state index < -0.39 is 41.2 Å². The molecule has 0 bridgehead atoms. The summed E-state index contributed by atoms with van der Waals surface area (Å²) in [6.45, 7) is 0.573. The first-order valence-electron chi connectivity index (χ1n) is 18.0. The van der Waals surface area contributed by atoms with E-state index in [9.17, 15) is 30.6 Å². The molecule has 6 rings (SSSR count). The molecule has 0 aliphatic rings. The molecule has 0 atom stereocenters. The molecule has 0 radical (unpaired) electrons. The van der Waals surface area contributed by atoms with E-state index in [0.717, 1.165) is 16.7 Å². The lowest BCUT2D eigenvalue weighted by atomic mass is 9.65. The number of benzene rings is 6. The highest BCUT2D eigenvalue weighted by Crippen LogP contribution is 2.24. The van der Waals surface area contributed by atoms with Crippen molar-refractivity contribution < 1.29 is 44.0 Å². The summed E-state index contributed by atoms with van der Waals surface area (Å²) < 4.78 is 24.1. The third kappa shape index (κ3) is 10.4. The van der Waals surface area contributed by atoms with Crippen molar-refractivity contribution in [3.8, 4) is 35.1 Å². The number of nitrogens with zero attached hydrogens (tertiary/aromatic N) is 2. The molecule has 0 saturated carbocycles. The molecular weight excluding hydrogens is 721 g/mol. The average molecular weight is 758 g/mol. The summed E-state index contributed by atoms with van der Waals surface area (Å²) in [7, 11) is -4.89. The van der Waals surface area contributed by atoms with Gasteiger partial charge in [0.1, 0.15) is 23.0 Å². The molecule has 0 saturated heterocycles. The molecule has 57 heavy (non-hydrogen) atoms. The minimum absolute atomic E-state index is 0.185. The molecule has 0 amide bonds. The molecule has 282 valence electrons. The second kappa shape index (κ2) is 19.1. The van der Waals surface area contributed by atoms with Gasteiger partial charge in [0, 0.05) is 0 Å². The number of nitriles is 2. The molecule has 11 nitrogen and oxygen atoms in total. The zero-order valence-electron chi connectivity index (χ0n) is 30.9. The number of hydrogen-bond donors (Lipinski definition) is 5. The fourth-order valence-electron chi connectivity index (χ4n) is 6.15. The molecule has 14 heteroatoms. The SMILES string of the molecule is Cc1ccc(Oc2ccc(B(O)OB(OB(O)c3ccc(Oc4ccc(C#N)cc4)cc3CO)c3ccc(Cc4ccc(C#N)cc4)cc3CO)c(CO)c2)cc1. The van der Waals surface area contributed by atoms with E-state index in [0.29, 0.717) is 57.1 Å². The fourth-order valence-corrected chi connectivity index (χ4v) is 6.15. The smallest absolute Gasteiger partial charge is 0.457 e. The molecule has 0 spiro atoms. The average Bonchev–Trinajstić information content (AvgIpc) is 3.24. The van der Waals surface area contributed by atoms with Gasteiger partial charge in [-0.25, -0.2) is 0 Å². The van der Waals surface area contributed by atoms with Crippen LogP contribution in [-0.4, -0.2) is 46.7 Å². The maximum absolute atomic E-state index is 11.5. The van der Waals surface area contributed by atoms with E-state index >= 15 is 0 Å². The normalized spacial score (nSPS) is 10.7. The Labute approximate surface area is 331 Å². The first kappa shape index (κ1) is 40.5. The van der Waals surface area contributed by atoms with E-state index in [2.05, 4.69) is 6.07 Å². The third-order valence-corrected chi connectivity index (χ3v) is 9.21. The van der Waals surface area contributed by atoms with Crippen LogP contribution in [0.5, 0.6) is 23.0 Å². The minimum atomic E-state index is -1.71. The predicted octanol–water partition coefficient (Wildman–Crippen LogP) is 3.89. The van der Waals surface area contributed by atoms with Crippen LogP contribution in [0.4, 0.5) is 0 Å². The van der Waals surface area contributed by atoms with Gasteiger partial charge in [-0.05, 0) is 130 Å². The largest absolute Gasteiger partial charge is 0.478 e. The molecule has 6 aromatic carbocycles. The summed E-state index contributed by atoms with van der Waals surface area (Å²) in [4.78, 5) is 0. The number of aliphatic hydroxyl groups excluding tert-OH is 3. The second-order valence-corrected chi connectivity index (χ2v) is 13.2. The standard InChI is InChI=1S/C43H37B3N2O9/c1-29-2-11-37(12-3-29)54-39-15-18-41(35(22-39)27-50)44(52)56-46(43-17-10-33(21-34(43)26-49)20-30-4-6-31(24-47)7-5-30)57-45(53)42-19-16-40(23-36(42)28-51)55-38-13-8-32(25-48)9-14-38/h2-19,21-23,49-53H,20,26-28H2,1H3. The van der Waals surface area contributed by atoms with Crippen LogP contribution in [0.3, 0.4) is 0 Å². The van der Waals surface area contributed by atoms with Gasteiger partial charge in [-0.1, -0.05) is 60.2 Å².